The number of carbonyl (C=O) groups is 1. The summed E-state index contributed by atoms with van der Waals surface area (Å²) < 4.78 is 5.26. The molecule has 1 fully saturated rings. The molecule has 0 aromatic carbocycles. The molecule has 2 aromatic rings. The Morgan fingerprint density at radius 3 is 3.09 bits per heavy atom. The van der Waals surface area contributed by atoms with Crippen LogP contribution in [0.3, 0.4) is 0 Å². The summed E-state index contributed by atoms with van der Waals surface area (Å²) in [6.07, 6.45) is 7.66. The van der Waals surface area contributed by atoms with Crippen LogP contribution in [0, 0.1) is 0 Å². The maximum absolute atomic E-state index is 12.2. The van der Waals surface area contributed by atoms with E-state index in [1.807, 2.05) is 6.26 Å². The quantitative estimate of drug-likeness (QED) is 0.824. The van der Waals surface area contributed by atoms with Gasteiger partial charge in [-0.25, -0.2) is 4.98 Å². The van der Waals surface area contributed by atoms with Crippen LogP contribution in [0.2, 0.25) is 0 Å². The number of hydrogen-bond donors (Lipinski definition) is 1. The van der Waals surface area contributed by atoms with Crippen molar-refractivity contribution in [2.45, 2.75) is 36.6 Å². The van der Waals surface area contributed by atoms with Crippen LogP contribution in [-0.2, 0) is 6.42 Å². The number of nitrogens with one attached hydrogen (secondary N) is 1. The highest BCUT2D eigenvalue weighted by atomic mass is 32.2. The lowest BCUT2D eigenvalue weighted by Gasteiger charge is -2.20. The summed E-state index contributed by atoms with van der Waals surface area (Å²) in [5, 5.41) is 7.57. The molecule has 2 heterocycles. The van der Waals surface area contributed by atoms with Gasteiger partial charge in [-0.05, 0) is 31.2 Å². The Morgan fingerprint density at radius 1 is 1.50 bits per heavy atom. The normalized spacial score (nSPS) is 14.6. The molecule has 1 saturated carbocycles. The van der Waals surface area contributed by atoms with Crippen molar-refractivity contribution >= 4 is 17.7 Å². The SMILES string of the molecule is CSc1ncccc1C(=O)NCCc1noc(C2CCC2)n1. The highest BCUT2D eigenvalue weighted by Gasteiger charge is 2.25. The summed E-state index contributed by atoms with van der Waals surface area (Å²) in [7, 11) is 0. The highest BCUT2D eigenvalue weighted by molar-refractivity contribution is 7.98. The molecule has 0 saturated heterocycles. The van der Waals surface area contributed by atoms with E-state index in [-0.39, 0.29) is 5.91 Å². The van der Waals surface area contributed by atoms with E-state index in [2.05, 4.69) is 20.4 Å². The molecule has 0 radical (unpaired) electrons. The third-order valence-electron chi connectivity index (χ3n) is 3.78. The van der Waals surface area contributed by atoms with Gasteiger partial charge in [0.2, 0.25) is 5.89 Å². The van der Waals surface area contributed by atoms with Crippen LogP contribution in [0.1, 0.15) is 47.3 Å². The number of thioether (sulfide) groups is 1. The van der Waals surface area contributed by atoms with Gasteiger partial charge < -0.3 is 9.84 Å². The molecule has 2 aromatic heterocycles. The van der Waals surface area contributed by atoms with Gasteiger partial charge in [-0.15, -0.1) is 11.8 Å². The van der Waals surface area contributed by atoms with E-state index in [1.165, 1.54) is 18.2 Å². The number of pyridine rings is 1. The predicted octanol–water partition coefficient (Wildman–Crippen LogP) is 2.43. The predicted molar refractivity (Wildman–Crippen MR) is 82.9 cm³/mol. The van der Waals surface area contributed by atoms with Crippen molar-refractivity contribution in [1.82, 2.24) is 20.4 Å². The number of carbonyl (C=O) groups excluding carboxylic acids is 1. The molecule has 116 valence electrons. The highest BCUT2D eigenvalue weighted by Crippen LogP contribution is 2.35. The van der Waals surface area contributed by atoms with Crippen LogP contribution in [0.25, 0.3) is 0 Å². The van der Waals surface area contributed by atoms with E-state index in [4.69, 9.17) is 4.52 Å². The van der Waals surface area contributed by atoms with Crippen LogP contribution in [0.15, 0.2) is 27.9 Å². The van der Waals surface area contributed by atoms with Gasteiger partial charge in [-0.2, -0.15) is 4.98 Å². The summed E-state index contributed by atoms with van der Waals surface area (Å²) in [4.78, 5) is 20.7. The second-order valence-corrected chi connectivity index (χ2v) is 6.04. The van der Waals surface area contributed by atoms with Gasteiger partial charge in [-0.3, -0.25) is 4.79 Å². The van der Waals surface area contributed by atoms with Crippen molar-refractivity contribution in [3.05, 3.63) is 35.6 Å². The van der Waals surface area contributed by atoms with Crippen molar-refractivity contribution in [3.8, 4) is 0 Å². The molecular formula is C15H18N4O2S. The van der Waals surface area contributed by atoms with Crippen molar-refractivity contribution < 1.29 is 9.32 Å². The Bertz CT molecular complexity index is 654. The second kappa shape index (κ2) is 6.91. The number of aromatic nitrogens is 3. The van der Waals surface area contributed by atoms with Crippen molar-refractivity contribution in [3.63, 3.8) is 0 Å². The summed E-state index contributed by atoms with van der Waals surface area (Å²) in [5.41, 5.74) is 0.596. The molecule has 0 atom stereocenters. The van der Waals surface area contributed by atoms with Crippen molar-refractivity contribution in [1.29, 1.82) is 0 Å². The first-order valence-corrected chi connectivity index (χ1v) is 8.60. The third kappa shape index (κ3) is 3.30. The van der Waals surface area contributed by atoms with Gasteiger partial charge in [0.05, 0.1) is 5.56 Å². The van der Waals surface area contributed by atoms with Gasteiger partial charge in [0, 0.05) is 25.1 Å². The maximum atomic E-state index is 12.2. The monoisotopic (exact) mass is 318 g/mol. The van der Waals surface area contributed by atoms with Crippen LogP contribution in [0.5, 0.6) is 0 Å². The Morgan fingerprint density at radius 2 is 2.36 bits per heavy atom. The fourth-order valence-corrected chi connectivity index (χ4v) is 2.85. The minimum atomic E-state index is -0.125. The minimum absolute atomic E-state index is 0.125. The molecule has 0 unspecified atom stereocenters. The summed E-state index contributed by atoms with van der Waals surface area (Å²) >= 11 is 1.46. The lowest BCUT2D eigenvalue weighted by Crippen LogP contribution is -2.26. The van der Waals surface area contributed by atoms with Crippen LogP contribution in [0.4, 0.5) is 0 Å². The zero-order chi connectivity index (χ0) is 15.4. The van der Waals surface area contributed by atoms with Crippen molar-refractivity contribution in [2.24, 2.45) is 0 Å². The Labute approximate surface area is 133 Å². The van der Waals surface area contributed by atoms with Crippen LogP contribution < -0.4 is 5.32 Å². The summed E-state index contributed by atoms with van der Waals surface area (Å²) in [6.45, 7) is 0.477. The molecule has 22 heavy (non-hydrogen) atoms. The van der Waals surface area contributed by atoms with Gasteiger partial charge in [0.15, 0.2) is 5.82 Å². The van der Waals surface area contributed by atoms with Crippen molar-refractivity contribution in [2.75, 3.05) is 12.8 Å². The number of hydrogen-bond acceptors (Lipinski definition) is 6. The molecule has 1 aliphatic carbocycles. The lowest BCUT2D eigenvalue weighted by atomic mass is 9.85. The van der Waals surface area contributed by atoms with Crippen LogP contribution >= 0.6 is 11.8 Å². The fraction of sp³-hybridized carbons (Fsp3) is 0.467. The first kappa shape index (κ1) is 15.0. The smallest absolute Gasteiger partial charge is 0.254 e. The summed E-state index contributed by atoms with van der Waals surface area (Å²) in [6, 6.07) is 3.54. The number of nitrogens with zero attached hydrogens (tertiary/aromatic N) is 3. The zero-order valence-corrected chi connectivity index (χ0v) is 13.2. The lowest BCUT2D eigenvalue weighted by molar-refractivity contribution is 0.0950. The van der Waals surface area contributed by atoms with E-state index < -0.39 is 0 Å². The Balaban J connectivity index is 1.52. The van der Waals surface area contributed by atoms with Gasteiger partial charge >= 0.3 is 0 Å². The van der Waals surface area contributed by atoms with Gasteiger partial charge in [-0.1, -0.05) is 11.6 Å². The van der Waals surface area contributed by atoms with E-state index >= 15 is 0 Å². The first-order chi connectivity index (χ1) is 10.8. The zero-order valence-electron chi connectivity index (χ0n) is 12.4. The molecular weight excluding hydrogens is 300 g/mol. The average molecular weight is 318 g/mol. The topological polar surface area (TPSA) is 80.9 Å². The molecule has 7 heteroatoms. The summed E-state index contributed by atoms with van der Waals surface area (Å²) in [5.74, 6) is 1.71. The van der Waals surface area contributed by atoms with Gasteiger partial charge in [0.25, 0.3) is 5.91 Å². The first-order valence-electron chi connectivity index (χ1n) is 7.37. The Hall–Kier alpha value is -1.89. The van der Waals surface area contributed by atoms with E-state index in [1.54, 1.807) is 18.3 Å². The fourth-order valence-electron chi connectivity index (χ4n) is 2.30. The molecule has 6 nitrogen and oxygen atoms in total. The molecule has 1 N–H and O–H groups in total. The Kier molecular flexibility index (Phi) is 4.72. The molecule has 0 bridgehead atoms. The maximum Gasteiger partial charge on any atom is 0.254 e. The van der Waals surface area contributed by atoms with E-state index in [9.17, 15) is 4.79 Å². The molecule has 1 aliphatic rings. The standard InChI is InChI=1S/C15H18N4O2S/c1-22-15-11(6-3-8-17-15)13(20)16-9-7-12-18-14(21-19-12)10-4-2-5-10/h3,6,8,10H,2,4-5,7,9H2,1H3,(H,16,20). The van der Waals surface area contributed by atoms with E-state index in [0.29, 0.717) is 30.3 Å². The average Bonchev–Trinajstić information content (AvgIpc) is 2.93. The molecule has 3 rings (SSSR count). The largest absolute Gasteiger partial charge is 0.351 e. The molecule has 1 amide bonds. The third-order valence-corrected chi connectivity index (χ3v) is 4.49. The number of amides is 1. The number of rotatable bonds is 6. The molecule has 0 aliphatic heterocycles. The molecule has 0 spiro atoms. The minimum Gasteiger partial charge on any atom is -0.351 e. The van der Waals surface area contributed by atoms with E-state index in [0.717, 1.165) is 23.8 Å². The van der Waals surface area contributed by atoms with Crippen LogP contribution in [-0.4, -0.2) is 33.8 Å². The second-order valence-electron chi connectivity index (χ2n) is 5.24. The van der Waals surface area contributed by atoms with Gasteiger partial charge in [0.1, 0.15) is 5.03 Å².